The molecule has 2 aromatic carbocycles. The SMILES string of the molecule is Cc1onc(-c2ccccc2)c1CN(C)C(=O)c1cccc2nsnc12. The van der Waals surface area contributed by atoms with Crippen molar-refractivity contribution in [1.29, 1.82) is 0 Å². The number of aryl methyl sites for hydroxylation is 1. The van der Waals surface area contributed by atoms with Crippen LogP contribution in [0.25, 0.3) is 22.3 Å². The van der Waals surface area contributed by atoms with Crippen LogP contribution in [0.4, 0.5) is 0 Å². The quantitative estimate of drug-likeness (QED) is 0.549. The Kier molecular flexibility index (Phi) is 4.22. The van der Waals surface area contributed by atoms with Crippen molar-refractivity contribution in [2.45, 2.75) is 13.5 Å². The Balaban J connectivity index is 1.65. The van der Waals surface area contributed by atoms with Crippen molar-refractivity contribution >= 4 is 28.7 Å². The Hall–Kier alpha value is -3.06. The Labute approximate surface area is 154 Å². The third-order valence-electron chi connectivity index (χ3n) is 4.29. The number of benzene rings is 2. The Bertz CT molecular complexity index is 1070. The van der Waals surface area contributed by atoms with Crippen LogP contribution < -0.4 is 0 Å². The van der Waals surface area contributed by atoms with Crippen molar-refractivity contribution in [2.24, 2.45) is 0 Å². The highest BCUT2D eigenvalue weighted by atomic mass is 32.1. The molecule has 0 saturated carbocycles. The van der Waals surface area contributed by atoms with Crippen LogP contribution in [0.2, 0.25) is 0 Å². The molecule has 1 amide bonds. The number of hydrogen-bond acceptors (Lipinski definition) is 6. The second-order valence-corrected chi connectivity index (χ2v) is 6.56. The molecule has 26 heavy (non-hydrogen) atoms. The molecule has 6 nitrogen and oxygen atoms in total. The first-order valence-electron chi connectivity index (χ1n) is 8.12. The van der Waals surface area contributed by atoms with Crippen LogP contribution in [0.1, 0.15) is 21.7 Å². The minimum atomic E-state index is -0.108. The van der Waals surface area contributed by atoms with E-state index in [0.29, 0.717) is 23.4 Å². The molecule has 0 aliphatic carbocycles. The van der Waals surface area contributed by atoms with E-state index in [2.05, 4.69) is 13.9 Å². The van der Waals surface area contributed by atoms with Gasteiger partial charge in [0.15, 0.2) is 0 Å². The lowest BCUT2D eigenvalue weighted by molar-refractivity contribution is 0.0786. The van der Waals surface area contributed by atoms with Gasteiger partial charge in [-0.25, -0.2) is 0 Å². The summed E-state index contributed by atoms with van der Waals surface area (Å²) in [5, 5.41) is 4.18. The standard InChI is InChI=1S/C19H16N4O2S/c1-12-15(17(20-25-12)13-7-4-3-5-8-13)11-23(2)19(24)14-9-6-10-16-18(14)22-26-21-16/h3-10H,11H2,1-2H3. The number of fused-ring (bicyclic) bond motifs is 1. The Morgan fingerprint density at radius 3 is 2.73 bits per heavy atom. The number of rotatable bonds is 4. The highest BCUT2D eigenvalue weighted by molar-refractivity contribution is 7.00. The van der Waals surface area contributed by atoms with Gasteiger partial charge >= 0.3 is 0 Å². The van der Waals surface area contributed by atoms with Gasteiger partial charge in [0, 0.05) is 18.2 Å². The molecule has 0 radical (unpaired) electrons. The molecule has 0 unspecified atom stereocenters. The third-order valence-corrected chi connectivity index (χ3v) is 4.83. The second-order valence-electron chi connectivity index (χ2n) is 6.03. The fraction of sp³-hybridized carbons (Fsp3) is 0.158. The molecule has 2 aromatic heterocycles. The molecule has 0 bridgehead atoms. The van der Waals surface area contributed by atoms with Gasteiger partial charge in [-0.3, -0.25) is 4.79 Å². The molecule has 0 spiro atoms. The molecule has 4 aromatic rings. The lowest BCUT2D eigenvalue weighted by atomic mass is 10.1. The van der Waals surface area contributed by atoms with Crippen molar-refractivity contribution in [1.82, 2.24) is 18.8 Å². The van der Waals surface area contributed by atoms with Crippen LogP contribution in [0.15, 0.2) is 53.1 Å². The van der Waals surface area contributed by atoms with Crippen LogP contribution in [-0.4, -0.2) is 31.8 Å². The summed E-state index contributed by atoms with van der Waals surface area (Å²) in [6.45, 7) is 2.25. The van der Waals surface area contributed by atoms with Crippen molar-refractivity contribution in [3.63, 3.8) is 0 Å². The van der Waals surface area contributed by atoms with Crippen LogP contribution >= 0.6 is 11.7 Å². The topological polar surface area (TPSA) is 72.1 Å². The maximum absolute atomic E-state index is 13.0. The summed E-state index contributed by atoms with van der Waals surface area (Å²) in [5.41, 5.74) is 4.55. The summed E-state index contributed by atoms with van der Waals surface area (Å²) in [5.74, 6) is 0.597. The van der Waals surface area contributed by atoms with E-state index in [0.717, 1.165) is 34.1 Å². The number of carbonyl (C=O) groups excluding carboxylic acids is 1. The van der Waals surface area contributed by atoms with Crippen molar-refractivity contribution in [3.05, 3.63) is 65.4 Å². The van der Waals surface area contributed by atoms with Gasteiger partial charge in [-0.2, -0.15) is 8.75 Å². The molecule has 2 heterocycles. The van der Waals surface area contributed by atoms with Gasteiger partial charge in [0.05, 0.1) is 23.8 Å². The van der Waals surface area contributed by atoms with Crippen LogP contribution in [0.3, 0.4) is 0 Å². The van der Waals surface area contributed by atoms with Gasteiger partial charge < -0.3 is 9.42 Å². The number of nitrogens with zero attached hydrogens (tertiary/aromatic N) is 4. The predicted octanol–water partition coefficient (Wildman–Crippen LogP) is 3.93. The van der Waals surface area contributed by atoms with Gasteiger partial charge in [0.1, 0.15) is 22.5 Å². The van der Waals surface area contributed by atoms with E-state index in [4.69, 9.17) is 4.52 Å². The lowest BCUT2D eigenvalue weighted by Gasteiger charge is -2.17. The lowest BCUT2D eigenvalue weighted by Crippen LogP contribution is -2.26. The molecule has 130 valence electrons. The zero-order valence-corrected chi connectivity index (χ0v) is 15.2. The molecule has 0 N–H and O–H groups in total. The molecule has 0 atom stereocenters. The Morgan fingerprint density at radius 2 is 1.92 bits per heavy atom. The van der Waals surface area contributed by atoms with Crippen molar-refractivity contribution in [2.75, 3.05) is 7.05 Å². The monoisotopic (exact) mass is 364 g/mol. The maximum Gasteiger partial charge on any atom is 0.256 e. The fourth-order valence-electron chi connectivity index (χ4n) is 2.89. The van der Waals surface area contributed by atoms with Crippen LogP contribution in [0.5, 0.6) is 0 Å². The van der Waals surface area contributed by atoms with Crippen molar-refractivity contribution < 1.29 is 9.32 Å². The summed E-state index contributed by atoms with van der Waals surface area (Å²) < 4.78 is 13.8. The summed E-state index contributed by atoms with van der Waals surface area (Å²) in [4.78, 5) is 14.6. The van der Waals surface area contributed by atoms with Gasteiger partial charge in [-0.15, -0.1) is 0 Å². The zero-order chi connectivity index (χ0) is 18.1. The number of aromatic nitrogens is 3. The summed E-state index contributed by atoms with van der Waals surface area (Å²) in [6, 6.07) is 15.3. The van der Waals surface area contributed by atoms with Gasteiger partial charge in [0.25, 0.3) is 5.91 Å². The van der Waals surface area contributed by atoms with E-state index in [1.807, 2.05) is 49.4 Å². The number of carbonyl (C=O) groups is 1. The fourth-order valence-corrected chi connectivity index (χ4v) is 3.44. The van der Waals surface area contributed by atoms with E-state index in [9.17, 15) is 4.79 Å². The molecule has 0 aliphatic heterocycles. The van der Waals surface area contributed by atoms with Crippen molar-refractivity contribution in [3.8, 4) is 11.3 Å². The minimum absolute atomic E-state index is 0.108. The highest BCUT2D eigenvalue weighted by Gasteiger charge is 2.21. The van der Waals surface area contributed by atoms with Gasteiger partial charge in [0.2, 0.25) is 0 Å². The first kappa shape index (κ1) is 16.4. The largest absolute Gasteiger partial charge is 0.361 e. The second kappa shape index (κ2) is 6.68. The van der Waals surface area contributed by atoms with E-state index in [1.54, 1.807) is 18.0 Å². The normalized spacial score (nSPS) is 11.0. The minimum Gasteiger partial charge on any atom is -0.361 e. The van der Waals surface area contributed by atoms with Crippen LogP contribution in [-0.2, 0) is 6.54 Å². The first-order valence-corrected chi connectivity index (χ1v) is 8.85. The average molecular weight is 364 g/mol. The van der Waals surface area contributed by atoms with Gasteiger partial charge in [-0.1, -0.05) is 41.6 Å². The molecule has 0 fully saturated rings. The highest BCUT2D eigenvalue weighted by Crippen LogP contribution is 2.27. The molecular weight excluding hydrogens is 348 g/mol. The summed E-state index contributed by atoms with van der Waals surface area (Å²) >= 11 is 1.11. The molecule has 0 aliphatic rings. The first-order chi connectivity index (χ1) is 12.6. The van der Waals surface area contributed by atoms with E-state index < -0.39 is 0 Å². The third kappa shape index (κ3) is 2.86. The van der Waals surface area contributed by atoms with E-state index >= 15 is 0 Å². The molecule has 0 saturated heterocycles. The molecule has 4 rings (SSSR count). The smallest absolute Gasteiger partial charge is 0.256 e. The molecule has 7 heteroatoms. The predicted molar refractivity (Wildman–Crippen MR) is 99.9 cm³/mol. The zero-order valence-electron chi connectivity index (χ0n) is 14.3. The van der Waals surface area contributed by atoms with Gasteiger partial charge in [-0.05, 0) is 19.1 Å². The molecular formula is C19H16N4O2S. The summed E-state index contributed by atoms with van der Waals surface area (Å²) in [7, 11) is 1.77. The maximum atomic E-state index is 13.0. The number of hydrogen-bond donors (Lipinski definition) is 0. The van der Waals surface area contributed by atoms with Crippen LogP contribution in [0, 0.1) is 6.92 Å². The average Bonchev–Trinajstić information content (AvgIpc) is 3.29. The Morgan fingerprint density at radius 1 is 1.12 bits per heavy atom. The van der Waals surface area contributed by atoms with E-state index in [-0.39, 0.29) is 5.91 Å². The summed E-state index contributed by atoms with van der Waals surface area (Å²) in [6.07, 6.45) is 0. The number of amides is 1. The van der Waals surface area contributed by atoms with E-state index in [1.165, 1.54) is 0 Å².